The summed E-state index contributed by atoms with van der Waals surface area (Å²) in [5, 5.41) is 3.15. The predicted molar refractivity (Wildman–Crippen MR) is 144 cm³/mol. The van der Waals surface area contributed by atoms with Crippen molar-refractivity contribution in [3.05, 3.63) is 73.1 Å². The third-order valence-electron chi connectivity index (χ3n) is 6.27. The number of carbonyl (C=O) groups is 1. The molecular weight excluding hydrogens is 471 g/mol. The quantitative estimate of drug-likeness (QED) is 0.418. The van der Waals surface area contributed by atoms with Crippen molar-refractivity contribution in [2.45, 2.75) is 18.5 Å². The molecule has 194 valence electrons. The number of alkyl halides is 1. The van der Waals surface area contributed by atoms with E-state index in [1.807, 2.05) is 79.7 Å². The molecule has 0 atom stereocenters. The summed E-state index contributed by atoms with van der Waals surface area (Å²) in [5.41, 5.74) is 6.13. The molecular formula is C28H33FN6O2. The Hall–Kier alpha value is -3.98. The second kappa shape index (κ2) is 11.8. The molecule has 1 amide bonds. The minimum Gasteiger partial charge on any atom is -0.457 e. The Morgan fingerprint density at radius 1 is 1.11 bits per heavy atom. The van der Waals surface area contributed by atoms with E-state index in [0.717, 1.165) is 11.3 Å². The maximum atomic E-state index is 15.6. The van der Waals surface area contributed by atoms with Gasteiger partial charge in [0.15, 0.2) is 0 Å². The second-order valence-corrected chi connectivity index (χ2v) is 9.42. The van der Waals surface area contributed by atoms with Gasteiger partial charge in [0, 0.05) is 38.6 Å². The number of nitrogen functional groups attached to an aromatic ring is 1. The number of hydrogen-bond donors (Lipinski definition) is 2. The van der Waals surface area contributed by atoms with E-state index in [-0.39, 0.29) is 25.3 Å². The van der Waals surface area contributed by atoms with Crippen molar-refractivity contribution in [2.75, 3.05) is 51.3 Å². The van der Waals surface area contributed by atoms with Crippen molar-refractivity contribution in [3.63, 3.8) is 0 Å². The zero-order valence-corrected chi connectivity index (χ0v) is 21.2. The van der Waals surface area contributed by atoms with Crippen LogP contribution in [0.25, 0.3) is 11.1 Å². The highest BCUT2D eigenvalue weighted by atomic mass is 19.1. The lowest BCUT2D eigenvalue weighted by atomic mass is 9.93. The standard InChI is InChI=1S/C28H33FN6O2/c1-34(2)16-6-9-24(36)35-17-14-28(29,15-18-35)19-31-27-25(26(30)32-20-33-27)21-10-12-23(13-11-21)37-22-7-4-3-5-8-22/h3-13,20H,14-19H2,1-2H3,(H3,30,31,32,33). The number of anilines is 2. The number of ether oxygens (including phenoxy) is 1. The lowest BCUT2D eigenvalue weighted by Crippen LogP contribution is -2.47. The zero-order chi connectivity index (χ0) is 26.3. The van der Waals surface area contributed by atoms with Crippen LogP contribution in [-0.2, 0) is 4.79 Å². The SMILES string of the molecule is CN(C)CC=CC(=O)N1CCC(F)(CNc2ncnc(N)c2-c2ccc(Oc3ccccc3)cc2)CC1. The monoisotopic (exact) mass is 504 g/mol. The average molecular weight is 505 g/mol. The molecule has 8 nitrogen and oxygen atoms in total. The Kier molecular flexibility index (Phi) is 8.35. The lowest BCUT2D eigenvalue weighted by Gasteiger charge is -2.36. The summed E-state index contributed by atoms with van der Waals surface area (Å²) in [6.45, 7) is 1.48. The Labute approximate surface area is 217 Å². The number of likely N-dealkylation sites (tertiary alicyclic amines) is 1. The number of likely N-dealkylation sites (N-methyl/N-ethyl adjacent to an activating group) is 1. The first kappa shape index (κ1) is 26.1. The predicted octanol–water partition coefficient (Wildman–Crippen LogP) is 4.38. The summed E-state index contributed by atoms with van der Waals surface area (Å²) in [5.74, 6) is 2.10. The van der Waals surface area contributed by atoms with Gasteiger partial charge in [0.1, 0.15) is 35.1 Å². The van der Waals surface area contributed by atoms with Crippen molar-refractivity contribution in [2.24, 2.45) is 0 Å². The van der Waals surface area contributed by atoms with Gasteiger partial charge in [0.2, 0.25) is 5.91 Å². The highest BCUT2D eigenvalue weighted by molar-refractivity contribution is 5.87. The Morgan fingerprint density at radius 3 is 2.46 bits per heavy atom. The van der Waals surface area contributed by atoms with Gasteiger partial charge in [-0.1, -0.05) is 36.4 Å². The van der Waals surface area contributed by atoms with Crippen LogP contribution in [0.1, 0.15) is 12.8 Å². The summed E-state index contributed by atoms with van der Waals surface area (Å²) < 4.78 is 21.5. The van der Waals surface area contributed by atoms with Crippen LogP contribution >= 0.6 is 0 Å². The van der Waals surface area contributed by atoms with Gasteiger partial charge in [-0.05, 0) is 43.9 Å². The summed E-state index contributed by atoms with van der Waals surface area (Å²) in [6.07, 6.45) is 5.24. The number of nitrogens with one attached hydrogen (secondary N) is 1. The van der Waals surface area contributed by atoms with E-state index >= 15 is 4.39 Å². The number of amides is 1. The summed E-state index contributed by atoms with van der Waals surface area (Å²) in [4.78, 5) is 24.5. The molecule has 0 bridgehead atoms. The second-order valence-electron chi connectivity index (χ2n) is 9.42. The maximum absolute atomic E-state index is 15.6. The van der Waals surface area contributed by atoms with Crippen LogP contribution in [-0.4, -0.2) is 71.6 Å². The molecule has 0 unspecified atom stereocenters. The van der Waals surface area contributed by atoms with Crippen molar-refractivity contribution in [1.29, 1.82) is 0 Å². The molecule has 1 aliphatic heterocycles. The molecule has 0 radical (unpaired) electrons. The van der Waals surface area contributed by atoms with Gasteiger partial charge < -0.3 is 25.6 Å². The Balaban J connectivity index is 1.39. The van der Waals surface area contributed by atoms with Crippen LogP contribution in [0.5, 0.6) is 11.5 Å². The topological polar surface area (TPSA) is 96.6 Å². The minimum absolute atomic E-state index is 0.0597. The number of benzene rings is 2. The molecule has 3 aromatic rings. The summed E-state index contributed by atoms with van der Waals surface area (Å²) in [7, 11) is 3.87. The fourth-order valence-corrected chi connectivity index (χ4v) is 4.15. The molecule has 1 aromatic heterocycles. The fraction of sp³-hybridized carbons (Fsp3) is 0.321. The van der Waals surface area contributed by atoms with E-state index in [2.05, 4.69) is 15.3 Å². The molecule has 2 aromatic carbocycles. The van der Waals surface area contributed by atoms with Crippen LogP contribution in [0, 0.1) is 0 Å². The molecule has 0 saturated carbocycles. The Morgan fingerprint density at radius 2 is 1.78 bits per heavy atom. The molecule has 0 spiro atoms. The van der Waals surface area contributed by atoms with Gasteiger partial charge in [-0.25, -0.2) is 14.4 Å². The molecule has 1 fully saturated rings. The van der Waals surface area contributed by atoms with Gasteiger partial charge in [-0.3, -0.25) is 4.79 Å². The number of aromatic nitrogens is 2. The van der Waals surface area contributed by atoms with Crippen LogP contribution in [0.4, 0.5) is 16.0 Å². The average Bonchev–Trinajstić information content (AvgIpc) is 2.89. The third-order valence-corrected chi connectivity index (χ3v) is 6.27. The van der Waals surface area contributed by atoms with Crippen molar-refractivity contribution < 1.29 is 13.9 Å². The number of nitrogens with zero attached hydrogens (tertiary/aromatic N) is 4. The summed E-state index contributed by atoms with van der Waals surface area (Å²) >= 11 is 0. The van der Waals surface area contributed by atoms with E-state index < -0.39 is 5.67 Å². The van der Waals surface area contributed by atoms with Crippen LogP contribution in [0.15, 0.2) is 73.1 Å². The molecule has 3 N–H and O–H groups in total. The van der Waals surface area contributed by atoms with Crippen LogP contribution in [0.3, 0.4) is 0 Å². The molecule has 1 saturated heterocycles. The van der Waals surface area contributed by atoms with Crippen molar-refractivity contribution in [1.82, 2.24) is 19.8 Å². The molecule has 0 aliphatic carbocycles. The molecule has 37 heavy (non-hydrogen) atoms. The highest BCUT2D eigenvalue weighted by Gasteiger charge is 2.35. The molecule has 9 heteroatoms. The molecule has 4 rings (SSSR count). The Bertz CT molecular complexity index is 1210. The van der Waals surface area contributed by atoms with E-state index in [1.54, 1.807) is 11.0 Å². The van der Waals surface area contributed by atoms with Gasteiger partial charge in [0.05, 0.1) is 12.1 Å². The van der Waals surface area contributed by atoms with Crippen molar-refractivity contribution >= 4 is 17.5 Å². The first-order valence-corrected chi connectivity index (χ1v) is 12.3. The number of nitrogens with two attached hydrogens (primary N) is 1. The third kappa shape index (κ3) is 7.04. The number of carbonyl (C=O) groups excluding carboxylic acids is 1. The number of rotatable bonds is 9. The zero-order valence-electron chi connectivity index (χ0n) is 21.2. The van der Waals surface area contributed by atoms with Gasteiger partial charge >= 0.3 is 0 Å². The highest BCUT2D eigenvalue weighted by Crippen LogP contribution is 2.34. The number of halogens is 1. The summed E-state index contributed by atoms with van der Waals surface area (Å²) in [6, 6.07) is 16.9. The van der Waals surface area contributed by atoms with Crippen LogP contribution in [0.2, 0.25) is 0 Å². The smallest absolute Gasteiger partial charge is 0.246 e. The van der Waals surface area contributed by atoms with Gasteiger partial charge in [-0.2, -0.15) is 0 Å². The molecule has 1 aliphatic rings. The maximum Gasteiger partial charge on any atom is 0.246 e. The largest absolute Gasteiger partial charge is 0.457 e. The van der Waals surface area contributed by atoms with E-state index in [1.165, 1.54) is 6.33 Å². The number of hydrogen-bond acceptors (Lipinski definition) is 7. The number of piperidine rings is 1. The normalized spacial score (nSPS) is 15.2. The minimum atomic E-state index is -1.46. The van der Waals surface area contributed by atoms with Gasteiger partial charge in [0.25, 0.3) is 0 Å². The van der Waals surface area contributed by atoms with E-state index in [0.29, 0.717) is 42.6 Å². The first-order valence-electron chi connectivity index (χ1n) is 12.3. The first-order chi connectivity index (χ1) is 17.8. The fourth-order valence-electron chi connectivity index (χ4n) is 4.15. The van der Waals surface area contributed by atoms with Gasteiger partial charge in [-0.15, -0.1) is 0 Å². The number of para-hydroxylation sites is 1. The van der Waals surface area contributed by atoms with E-state index in [4.69, 9.17) is 10.5 Å². The lowest BCUT2D eigenvalue weighted by molar-refractivity contribution is -0.128. The van der Waals surface area contributed by atoms with Crippen molar-refractivity contribution in [3.8, 4) is 22.6 Å². The van der Waals surface area contributed by atoms with E-state index in [9.17, 15) is 4.79 Å². The van der Waals surface area contributed by atoms with Crippen LogP contribution < -0.4 is 15.8 Å². The molecule has 2 heterocycles.